The van der Waals surface area contributed by atoms with Crippen molar-refractivity contribution in [3.8, 4) is 0 Å². The van der Waals surface area contributed by atoms with Crippen molar-refractivity contribution in [2.24, 2.45) is 0 Å². The molecule has 4 heteroatoms. The minimum absolute atomic E-state index is 0.184. The van der Waals surface area contributed by atoms with E-state index in [4.69, 9.17) is 5.73 Å². The second-order valence-corrected chi connectivity index (χ2v) is 4.70. The molecular weight excluding hydrogens is 218 g/mol. The Labute approximate surface area is 99.3 Å². The molecule has 3 nitrogen and oxygen atoms in total. The van der Waals surface area contributed by atoms with Crippen LogP contribution in [0.4, 0.5) is 11.4 Å². The van der Waals surface area contributed by atoms with Crippen LogP contribution in [0.5, 0.6) is 0 Å². The third-order valence-electron chi connectivity index (χ3n) is 2.52. The number of hydrogen-bond acceptors (Lipinski definition) is 4. The number of nitrogens with zero attached hydrogens (tertiary/aromatic N) is 1. The van der Waals surface area contributed by atoms with Crippen LogP contribution in [0.15, 0.2) is 29.8 Å². The van der Waals surface area contributed by atoms with Crippen LogP contribution in [0, 0.1) is 6.92 Å². The first-order valence-electron chi connectivity index (χ1n) is 5.19. The molecule has 0 aliphatic carbocycles. The normalized spacial score (nSPS) is 12.4. The molecule has 1 atom stereocenters. The van der Waals surface area contributed by atoms with Crippen LogP contribution < -0.4 is 11.1 Å². The lowest BCUT2D eigenvalue weighted by molar-refractivity contribution is 0.870. The molecule has 1 unspecified atom stereocenters. The molecular formula is C12H15N3S. The van der Waals surface area contributed by atoms with Gasteiger partial charge in [0, 0.05) is 11.6 Å². The molecule has 84 valence electrons. The SMILES string of the molecule is Cc1cccc(NC(C)c2nccs2)c1N. The molecule has 1 aromatic carbocycles. The summed E-state index contributed by atoms with van der Waals surface area (Å²) in [6, 6.07) is 6.19. The maximum absolute atomic E-state index is 6.00. The molecule has 1 heterocycles. The van der Waals surface area contributed by atoms with Crippen LogP contribution in [0.25, 0.3) is 0 Å². The molecule has 0 saturated carbocycles. The zero-order chi connectivity index (χ0) is 11.5. The standard InChI is InChI=1S/C12H15N3S/c1-8-4-3-5-10(11(8)13)15-9(2)12-14-6-7-16-12/h3-7,9,15H,13H2,1-2H3. The first-order chi connectivity index (χ1) is 7.68. The Kier molecular flexibility index (Phi) is 3.10. The van der Waals surface area contributed by atoms with E-state index < -0.39 is 0 Å². The van der Waals surface area contributed by atoms with Crippen molar-refractivity contribution in [2.45, 2.75) is 19.9 Å². The minimum atomic E-state index is 0.184. The van der Waals surface area contributed by atoms with E-state index in [-0.39, 0.29) is 6.04 Å². The third-order valence-corrected chi connectivity index (χ3v) is 3.48. The fraction of sp³-hybridized carbons (Fsp3) is 0.250. The zero-order valence-corrected chi connectivity index (χ0v) is 10.2. The summed E-state index contributed by atoms with van der Waals surface area (Å²) in [6.45, 7) is 4.09. The van der Waals surface area contributed by atoms with E-state index in [9.17, 15) is 0 Å². The first-order valence-corrected chi connectivity index (χ1v) is 6.07. The van der Waals surface area contributed by atoms with Gasteiger partial charge in [0.2, 0.25) is 0 Å². The van der Waals surface area contributed by atoms with Crippen LogP contribution in [-0.2, 0) is 0 Å². The number of benzene rings is 1. The Balaban J connectivity index is 2.18. The number of aryl methyl sites for hydroxylation is 1. The molecule has 0 bridgehead atoms. The van der Waals surface area contributed by atoms with Gasteiger partial charge in [-0.05, 0) is 25.5 Å². The summed E-state index contributed by atoms with van der Waals surface area (Å²) in [5.74, 6) is 0. The van der Waals surface area contributed by atoms with E-state index in [2.05, 4.69) is 17.2 Å². The molecule has 0 saturated heterocycles. The van der Waals surface area contributed by atoms with E-state index in [1.54, 1.807) is 11.3 Å². The Bertz CT molecular complexity index is 465. The molecule has 2 aromatic rings. The number of nitrogens with two attached hydrogens (primary N) is 1. The number of nitrogen functional groups attached to an aromatic ring is 1. The summed E-state index contributed by atoms with van der Waals surface area (Å²) >= 11 is 1.65. The largest absolute Gasteiger partial charge is 0.397 e. The smallest absolute Gasteiger partial charge is 0.115 e. The van der Waals surface area contributed by atoms with Crippen molar-refractivity contribution >= 4 is 22.7 Å². The van der Waals surface area contributed by atoms with Gasteiger partial charge >= 0.3 is 0 Å². The molecule has 1 aromatic heterocycles. The number of nitrogens with one attached hydrogen (secondary N) is 1. The highest BCUT2D eigenvalue weighted by atomic mass is 32.1. The minimum Gasteiger partial charge on any atom is -0.397 e. The van der Waals surface area contributed by atoms with Crippen LogP contribution in [0.3, 0.4) is 0 Å². The molecule has 0 aliphatic rings. The Morgan fingerprint density at radius 1 is 1.44 bits per heavy atom. The lowest BCUT2D eigenvalue weighted by Crippen LogP contribution is -2.08. The summed E-state index contributed by atoms with van der Waals surface area (Å²) in [4.78, 5) is 4.28. The molecule has 0 radical (unpaired) electrons. The Hall–Kier alpha value is -1.55. The van der Waals surface area contributed by atoms with Gasteiger partial charge in [-0.3, -0.25) is 0 Å². The van der Waals surface area contributed by atoms with Gasteiger partial charge in [-0.25, -0.2) is 4.98 Å². The second kappa shape index (κ2) is 4.53. The van der Waals surface area contributed by atoms with Crippen molar-refractivity contribution in [3.05, 3.63) is 40.3 Å². The van der Waals surface area contributed by atoms with E-state index >= 15 is 0 Å². The van der Waals surface area contributed by atoms with Crippen molar-refractivity contribution in [1.82, 2.24) is 4.98 Å². The van der Waals surface area contributed by atoms with Crippen molar-refractivity contribution in [2.75, 3.05) is 11.1 Å². The predicted octanol–water partition coefficient (Wildman–Crippen LogP) is 3.21. The molecule has 0 amide bonds. The highest BCUT2D eigenvalue weighted by Gasteiger charge is 2.09. The lowest BCUT2D eigenvalue weighted by Gasteiger charge is -2.15. The molecule has 0 aliphatic heterocycles. The zero-order valence-electron chi connectivity index (χ0n) is 9.40. The average Bonchev–Trinajstić information content (AvgIpc) is 2.78. The molecule has 2 rings (SSSR count). The Morgan fingerprint density at radius 2 is 2.25 bits per heavy atom. The van der Waals surface area contributed by atoms with Crippen LogP contribution in [0.2, 0.25) is 0 Å². The van der Waals surface area contributed by atoms with Crippen LogP contribution in [-0.4, -0.2) is 4.98 Å². The number of thiazole rings is 1. The van der Waals surface area contributed by atoms with Gasteiger partial charge in [-0.2, -0.15) is 0 Å². The van der Waals surface area contributed by atoms with Gasteiger partial charge in [-0.1, -0.05) is 12.1 Å². The second-order valence-electron chi connectivity index (χ2n) is 3.77. The maximum Gasteiger partial charge on any atom is 0.115 e. The maximum atomic E-state index is 6.00. The number of para-hydroxylation sites is 1. The highest BCUT2D eigenvalue weighted by molar-refractivity contribution is 7.09. The quantitative estimate of drug-likeness (QED) is 0.800. The number of hydrogen-bond donors (Lipinski definition) is 2. The van der Waals surface area contributed by atoms with Gasteiger partial charge in [-0.15, -0.1) is 11.3 Å². The fourth-order valence-electron chi connectivity index (χ4n) is 1.55. The summed E-state index contributed by atoms with van der Waals surface area (Å²) in [5.41, 5.74) is 8.88. The predicted molar refractivity (Wildman–Crippen MR) is 69.7 cm³/mol. The van der Waals surface area contributed by atoms with Gasteiger partial charge < -0.3 is 11.1 Å². The monoisotopic (exact) mass is 233 g/mol. The van der Waals surface area contributed by atoms with E-state index in [0.29, 0.717) is 0 Å². The average molecular weight is 233 g/mol. The summed E-state index contributed by atoms with van der Waals surface area (Å²) in [6.07, 6.45) is 1.82. The summed E-state index contributed by atoms with van der Waals surface area (Å²) in [5, 5.41) is 6.43. The molecule has 0 spiro atoms. The third kappa shape index (κ3) is 2.17. The van der Waals surface area contributed by atoms with Gasteiger partial charge in [0.1, 0.15) is 5.01 Å². The highest BCUT2D eigenvalue weighted by Crippen LogP contribution is 2.27. The van der Waals surface area contributed by atoms with E-state index in [1.807, 2.05) is 36.7 Å². The Morgan fingerprint density at radius 3 is 2.94 bits per heavy atom. The fourth-order valence-corrected chi connectivity index (χ4v) is 2.20. The molecule has 16 heavy (non-hydrogen) atoms. The summed E-state index contributed by atoms with van der Waals surface area (Å²) in [7, 11) is 0. The lowest BCUT2D eigenvalue weighted by atomic mass is 10.1. The first kappa shape index (κ1) is 11.0. The van der Waals surface area contributed by atoms with Crippen molar-refractivity contribution in [3.63, 3.8) is 0 Å². The number of rotatable bonds is 3. The van der Waals surface area contributed by atoms with Crippen molar-refractivity contribution < 1.29 is 0 Å². The number of anilines is 2. The topological polar surface area (TPSA) is 50.9 Å². The van der Waals surface area contributed by atoms with Gasteiger partial charge in [0.25, 0.3) is 0 Å². The van der Waals surface area contributed by atoms with Gasteiger partial charge in [0.15, 0.2) is 0 Å². The molecule has 3 N–H and O–H groups in total. The van der Waals surface area contributed by atoms with E-state index in [1.165, 1.54) is 0 Å². The van der Waals surface area contributed by atoms with Gasteiger partial charge in [0.05, 0.1) is 17.4 Å². The summed E-state index contributed by atoms with van der Waals surface area (Å²) < 4.78 is 0. The van der Waals surface area contributed by atoms with E-state index in [0.717, 1.165) is 21.9 Å². The van der Waals surface area contributed by atoms with Crippen molar-refractivity contribution in [1.29, 1.82) is 0 Å². The van der Waals surface area contributed by atoms with Crippen LogP contribution in [0.1, 0.15) is 23.5 Å². The molecule has 0 fully saturated rings. The number of aromatic nitrogens is 1. The van der Waals surface area contributed by atoms with Crippen LogP contribution >= 0.6 is 11.3 Å².